The predicted octanol–water partition coefficient (Wildman–Crippen LogP) is 7.06. The van der Waals surface area contributed by atoms with Crippen molar-refractivity contribution in [3.63, 3.8) is 0 Å². The molecule has 1 aliphatic heterocycles. The van der Waals surface area contributed by atoms with Crippen LogP contribution in [0.5, 0.6) is 11.5 Å². The second-order valence-corrected chi connectivity index (χ2v) is 12.6. The predicted molar refractivity (Wildman–Crippen MR) is 152 cm³/mol. The van der Waals surface area contributed by atoms with E-state index in [4.69, 9.17) is 8.92 Å². The SMILES string of the molecule is COc1cc([C@@H]2Nc3ccc4ccccc4c3C3=C2C(=O)CC(C)(C)C3)ccc1OS(=O)(=O)c1ccc(F)cc1. The Morgan fingerprint density at radius 1 is 0.925 bits per heavy atom. The Bertz CT molecular complexity index is 1810. The number of carbonyl (C=O) groups excluding carboxylic acids is 1. The van der Waals surface area contributed by atoms with Crippen LogP contribution in [-0.2, 0) is 14.9 Å². The van der Waals surface area contributed by atoms with Gasteiger partial charge in [0, 0.05) is 23.2 Å². The van der Waals surface area contributed by atoms with Gasteiger partial charge in [-0.25, -0.2) is 4.39 Å². The summed E-state index contributed by atoms with van der Waals surface area (Å²) in [6.07, 6.45) is 1.18. The molecule has 0 saturated carbocycles. The topological polar surface area (TPSA) is 81.7 Å². The minimum absolute atomic E-state index is 0.0110. The van der Waals surface area contributed by atoms with Gasteiger partial charge in [0.15, 0.2) is 17.3 Å². The second kappa shape index (κ2) is 9.48. The number of rotatable bonds is 5. The molecule has 0 spiro atoms. The van der Waals surface area contributed by atoms with Crippen molar-refractivity contribution >= 4 is 37.9 Å². The molecule has 0 amide bonds. The minimum Gasteiger partial charge on any atom is -0.493 e. The summed E-state index contributed by atoms with van der Waals surface area (Å²) in [5.74, 6) is -0.284. The van der Waals surface area contributed by atoms with Crippen LogP contribution in [-0.4, -0.2) is 21.3 Å². The van der Waals surface area contributed by atoms with Gasteiger partial charge < -0.3 is 14.2 Å². The Hall–Kier alpha value is -4.17. The Labute approximate surface area is 232 Å². The molecular formula is C32H28FNO5S. The van der Waals surface area contributed by atoms with Gasteiger partial charge in [-0.1, -0.05) is 50.2 Å². The normalized spacial score (nSPS) is 18.1. The van der Waals surface area contributed by atoms with E-state index in [0.717, 1.165) is 69.4 Å². The molecule has 4 aromatic rings. The van der Waals surface area contributed by atoms with Crippen LogP contribution in [0.1, 0.15) is 43.9 Å². The monoisotopic (exact) mass is 557 g/mol. The number of carbonyl (C=O) groups is 1. The molecule has 1 N–H and O–H groups in total. The Morgan fingerprint density at radius 2 is 1.68 bits per heavy atom. The number of nitrogens with one attached hydrogen (secondary N) is 1. The number of fused-ring (bicyclic) bond motifs is 4. The quantitative estimate of drug-likeness (QED) is 0.265. The molecule has 1 atom stereocenters. The van der Waals surface area contributed by atoms with Crippen molar-refractivity contribution in [2.24, 2.45) is 5.41 Å². The smallest absolute Gasteiger partial charge is 0.339 e. The number of benzene rings is 4. The molecule has 8 heteroatoms. The third-order valence-electron chi connectivity index (χ3n) is 7.56. The summed E-state index contributed by atoms with van der Waals surface area (Å²) >= 11 is 0. The maximum absolute atomic E-state index is 13.7. The number of hydrogen-bond acceptors (Lipinski definition) is 6. The van der Waals surface area contributed by atoms with Gasteiger partial charge in [-0.05, 0) is 76.2 Å². The van der Waals surface area contributed by atoms with Gasteiger partial charge >= 0.3 is 10.1 Å². The van der Waals surface area contributed by atoms with Crippen LogP contribution in [0.15, 0.2) is 89.3 Å². The van der Waals surface area contributed by atoms with E-state index in [2.05, 4.69) is 37.4 Å². The number of ether oxygens (including phenoxy) is 1. The maximum Gasteiger partial charge on any atom is 0.339 e. The van der Waals surface area contributed by atoms with E-state index in [1.54, 1.807) is 12.1 Å². The average Bonchev–Trinajstić information content (AvgIpc) is 2.92. The molecule has 0 fully saturated rings. The number of methoxy groups -OCH3 is 1. The lowest BCUT2D eigenvalue weighted by Crippen LogP contribution is -2.33. The van der Waals surface area contributed by atoms with Crippen LogP contribution >= 0.6 is 0 Å². The lowest BCUT2D eigenvalue weighted by molar-refractivity contribution is -0.118. The molecule has 40 heavy (non-hydrogen) atoms. The highest BCUT2D eigenvalue weighted by Gasteiger charge is 2.41. The fourth-order valence-corrected chi connectivity index (χ4v) is 6.73. The lowest BCUT2D eigenvalue weighted by atomic mass is 9.68. The van der Waals surface area contributed by atoms with E-state index in [0.29, 0.717) is 6.42 Å². The molecule has 6 rings (SSSR count). The van der Waals surface area contributed by atoms with E-state index in [1.807, 2.05) is 18.2 Å². The number of allylic oxidation sites excluding steroid dienone is 1. The van der Waals surface area contributed by atoms with Crippen molar-refractivity contribution in [1.82, 2.24) is 0 Å². The van der Waals surface area contributed by atoms with Crippen LogP contribution in [0, 0.1) is 11.2 Å². The lowest BCUT2D eigenvalue weighted by Gasteiger charge is -2.40. The van der Waals surface area contributed by atoms with Crippen molar-refractivity contribution < 1.29 is 26.5 Å². The van der Waals surface area contributed by atoms with Crippen LogP contribution in [0.2, 0.25) is 0 Å². The van der Waals surface area contributed by atoms with Gasteiger partial charge in [-0.2, -0.15) is 8.42 Å². The second-order valence-electron chi connectivity index (χ2n) is 11.0. The number of anilines is 1. The van der Waals surface area contributed by atoms with E-state index in [1.165, 1.54) is 13.2 Å². The summed E-state index contributed by atoms with van der Waals surface area (Å²) in [7, 11) is -2.81. The first-order valence-electron chi connectivity index (χ1n) is 13.0. The van der Waals surface area contributed by atoms with Gasteiger partial charge in [0.2, 0.25) is 0 Å². The number of ketones is 1. The molecule has 0 bridgehead atoms. The zero-order valence-electron chi connectivity index (χ0n) is 22.3. The van der Waals surface area contributed by atoms with Crippen LogP contribution in [0.25, 0.3) is 16.3 Å². The van der Waals surface area contributed by atoms with Gasteiger partial charge in [0.05, 0.1) is 13.2 Å². The molecule has 1 heterocycles. The van der Waals surface area contributed by atoms with E-state index < -0.39 is 22.0 Å². The third-order valence-corrected chi connectivity index (χ3v) is 8.81. The molecule has 0 saturated heterocycles. The molecule has 2 aliphatic rings. The van der Waals surface area contributed by atoms with Crippen molar-refractivity contribution in [2.45, 2.75) is 37.6 Å². The first-order valence-corrected chi connectivity index (χ1v) is 14.4. The number of hydrogen-bond donors (Lipinski definition) is 1. The van der Waals surface area contributed by atoms with Crippen molar-refractivity contribution in [3.05, 3.63) is 101 Å². The zero-order valence-corrected chi connectivity index (χ0v) is 23.1. The summed E-state index contributed by atoms with van der Waals surface area (Å²) in [4.78, 5) is 13.5. The van der Waals surface area contributed by atoms with Gasteiger partial charge in [0.1, 0.15) is 10.7 Å². The highest BCUT2D eigenvalue weighted by atomic mass is 32.2. The Balaban J connectivity index is 1.44. The van der Waals surface area contributed by atoms with Crippen molar-refractivity contribution in [3.8, 4) is 11.5 Å². The average molecular weight is 558 g/mol. The van der Waals surface area contributed by atoms with Gasteiger partial charge in [-0.15, -0.1) is 0 Å². The summed E-state index contributed by atoms with van der Waals surface area (Å²) < 4.78 is 49.9. The number of halogens is 1. The van der Waals surface area contributed by atoms with Crippen molar-refractivity contribution in [1.29, 1.82) is 0 Å². The highest BCUT2D eigenvalue weighted by molar-refractivity contribution is 7.87. The summed E-state index contributed by atoms with van der Waals surface area (Å²) in [6, 6.07) is 21.2. The Kier molecular flexibility index (Phi) is 6.18. The highest BCUT2D eigenvalue weighted by Crippen LogP contribution is 2.52. The fourth-order valence-electron chi connectivity index (χ4n) is 5.79. The van der Waals surface area contributed by atoms with E-state index in [9.17, 15) is 17.6 Å². The molecular weight excluding hydrogens is 529 g/mol. The molecule has 1 aliphatic carbocycles. The zero-order chi connectivity index (χ0) is 28.2. The molecule has 0 unspecified atom stereocenters. The van der Waals surface area contributed by atoms with E-state index >= 15 is 0 Å². The van der Waals surface area contributed by atoms with Crippen LogP contribution in [0.4, 0.5) is 10.1 Å². The first kappa shape index (κ1) is 26.1. The van der Waals surface area contributed by atoms with Gasteiger partial charge in [-0.3, -0.25) is 4.79 Å². The van der Waals surface area contributed by atoms with Gasteiger partial charge in [0.25, 0.3) is 0 Å². The van der Waals surface area contributed by atoms with Crippen LogP contribution in [0.3, 0.4) is 0 Å². The summed E-state index contributed by atoms with van der Waals surface area (Å²) in [5, 5.41) is 5.78. The Morgan fingerprint density at radius 3 is 2.42 bits per heavy atom. The summed E-state index contributed by atoms with van der Waals surface area (Å²) in [5.41, 5.74) is 4.31. The van der Waals surface area contributed by atoms with Crippen LogP contribution < -0.4 is 14.2 Å². The fraction of sp³-hybridized carbons (Fsp3) is 0.219. The molecule has 204 valence electrons. The van der Waals surface area contributed by atoms with E-state index in [-0.39, 0.29) is 27.6 Å². The third kappa shape index (κ3) is 4.52. The molecule has 6 nitrogen and oxygen atoms in total. The maximum atomic E-state index is 13.7. The molecule has 0 radical (unpaired) electrons. The largest absolute Gasteiger partial charge is 0.493 e. The van der Waals surface area contributed by atoms with Crippen molar-refractivity contribution in [2.75, 3.05) is 12.4 Å². The minimum atomic E-state index is -4.23. The number of Topliss-reactive ketones (excluding diaryl/α,β-unsaturated/α-hetero) is 1. The summed E-state index contributed by atoms with van der Waals surface area (Å²) in [6.45, 7) is 4.24. The standard InChI is InChI=1S/C32H28FNO5S/c1-32(2)17-24-29-23-7-5-4-6-19(23)8-14-25(29)34-31(30(24)26(35)18-32)20-9-15-27(28(16-20)38-3)39-40(36,37)22-12-10-21(33)11-13-22/h4-16,31,34H,17-18H2,1-3H3/t31-/m0/s1. The molecule has 0 aromatic heterocycles. The molecule has 4 aromatic carbocycles. The first-order chi connectivity index (χ1) is 19.1.